The summed E-state index contributed by atoms with van der Waals surface area (Å²) in [5.41, 5.74) is 9.48. The monoisotopic (exact) mass is 295 g/mol. The second-order valence-electron chi connectivity index (χ2n) is 5.76. The fourth-order valence-corrected chi connectivity index (χ4v) is 2.96. The quantitative estimate of drug-likeness (QED) is 0.913. The van der Waals surface area contributed by atoms with E-state index in [-0.39, 0.29) is 12.4 Å². The van der Waals surface area contributed by atoms with Crippen LogP contribution < -0.4 is 5.73 Å². The maximum absolute atomic E-state index is 6.08. The zero-order chi connectivity index (χ0) is 13.6. The minimum absolute atomic E-state index is 0. The van der Waals surface area contributed by atoms with E-state index in [0.29, 0.717) is 12.0 Å². The van der Waals surface area contributed by atoms with E-state index >= 15 is 0 Å². The van der Waals surface area contributed by atoms with Gasteiger partial charge in [0, 0.05) is 37.1 Å². The highest BCUT2D eigenvalue weighted by atomic mass is 35.5. The van der Waals surface area contributed by atoms with Gasteiger partial charge in [-0.1, -0.05) is 6.92 Å². The molecule has 3 heterocycles. The van der Waals surface area contributed by atoms with Crippen molar-refractivity contribution in [2.24, 2.45) is 11.7 Å². The first kappa shape index (κ1) is 15.2. The van der Waals surface area contributed by atoms with E-state index in [9.17, 15) is 0 Å². The number of imidazole rings is 1. The normalized spacial score (nSPS) is 23.2. The highest BCUT2D eigenvalue weighted by Gasteiger charge is 2.27. The van der Waals surface area contributed by atoms with Crippen LogP contribution in [0.15, 0.2) is 12.3 Å². The van der Waals surface area contributed by atoms with Crippen LogP contribution in [0.2, 0.25) is 0 Å². The van der Waals surface area contributed by atoms with Crippen LogP contribution in [0.4, 0.5) is 0 Å². The van der Waals surface area contributed by atoms with Gasteiger partial charge in [0.2, 0.25) is 5.78 Å². The van der Waals surface area contributed by atoms with Crippen molar-refractivity contribution >= 4 is 18.2 Å². The first-order valence-electron chi connectivity index (χ1n) is 6.83. The molecule has 1 saturated heterocycles. The Labute approximate surface area is 125 Å². The smallest absolute Gasteiger partial charge is 0.234 e. The van der Waals surface area contributed by atoms with Gasteiger partial charge in [0.1, 0.15) is 0 Å². The molecule has 1 aliphatic heterocycles. The van der Waals surface area contributed by atoms with E-state index in [1.165, 1.54) is 11.4 Å². The lowest BCUT2D eigenvalue weighted by atomic mass is 10.1. The highest BCUT2D eigenvalue weighted by molar-refractivity contribution is 5.85. The summed E-state index contributed by atoms with van der Waals surface area (Å²) in [6, 6.07) is 2.39. The van der Waals surface area contributed by atoms with Gasteiger partial charge in [-0.25, -0.2) is 9.97 Å². The molecule has 0 saturated carbocycles. The number of aromatic nitrogens is 3. The lowest BCUT2D eigenvalue weighted by Crippen LogP contribution is -2.28. The zero-order valence-corrected chi connectivity index (χ0v) is 13.0. The van der Waals surface area contributed by atoms with Crippen molar-refractivity contribution in [3.05, 3.63) is 29.3 Å². The van der Waals surface area contributed by atoms with Crippen LogP contribution in [0.3, 0.4) is 0 Å². The van der Waals surface area contributed by atoms with Gasteiger partial charge in [-0.15, -0.1) is 12.4 Å². The van der Waals surface area contributed by atoms with Crippen LogP contribution in [-0.2, 0) is 6.54 Å². The Morgan fingerprint density at radius 2 is 2.10 bits per heavy atom. The lowest BCUT2D eigenvalue weighted by molar-refractivity contribution is 0.314. The number of likely N-dealkylation sites (tertiary alicyclic amines) is 1. The largest absolute Gasteiger partial charge is 0.326 e. The summed E-state index contributed by atoms with van der Waals surface area (Å²) in [5.74, 6) is 1.37. The number of hydrogen-bond acceptors (Lipinski definition) is 4. The number of nitrogens with two attached hydrogens (primary N) is 1. The summed E-state index contributed by atoms with van der Waals surface area (Å²) < 4.78 is 2.14. The number of rotatable bonds is 2. The molecule has 20 heavy (non-hydrogen) atoms. The van der Waals surface area contributed by atoms with Crippen LogP contribution >= 0.6 is 12.4 Å². The molecule has 0 bridgehead atoms. The molecule has 1 aliphatic rings. The first-order valence-corrected chi connectivity index (χ1v) is 6.83. The SMILES string of the molecule is Cc1cc(C)n2c(CN3CC(C)C(N)C3)cnc2n1.Cl. The highest BCUT2D eigenvalue weighted by Crippen LogP contribution is 2.18. The topological polar surface area (TPSA) is 59.5 Å². The average Bonchev–Trinajstić information content (AvgIpc) is 2.84. The second-order valence-corrected chi connectivity index (χ2v) is 5.76. The van der Waals surface area contributed by atoms with E-state index in [1.807, 2.05) is 13.1 Å². The lowest BCUT2D eigenvalue weighted by Gasteiger charge is -2.15. The van der Waals surface area contributed by atoms with Crippen LogP contribution in [0.1, 0.15) is 24.0 Å². The fraction of sp³-hybridized carbons (Fsp3) is 0.571. The molecule has 2 unspecified atom stereocenters. The Bertz CT molecular complexity index is 599. The van der Waals surface area contributed by atoms with Crippen molar-refractivity contribution in [3.63, 3.8) is 0 Å². The second kappa shape index (κ2) is 5.68. The van der Waals surface area contributed by atoms with Gasteiger partial charge in [-0.05, 0) is 25.8 Å². The van der Waals surface area contributed by atoms with E-state index in [0.717, 1.165) is 31.1 Å². The van der Waals surface area contributed by atoms with Gasteiger partial charge in [-0.3, -0.25) is 9.30 Å². The molecule has 2 N–H and O–H groups in total. The van der Waals surface area contributed by atoms with E-state index < -0.39 is 0 Å². The van der Waals surface area contributed by atoms with Gasteiger partial charge in [0.15, 0.2) is 0 Å². The molecule has 6 heteroatoms. The van der Waals surface area contributed by atoms with Crippen molar-refractivity contribution in [1.29, 1.82) is 0 Å². The maximum Gasteiger partial charge on any atom is 0.234 e. The molecule has 110 valence electrons. The summed E-state index contributed by atoms with van der Waals surface area (Å²) >= 11 is 0. The minimum Gasteiger partial charge on any atom is -0.326 e. The fourth-order valence-electron chi connectivity index (χ4n) is 2.96. The van der Waals surface area contributed by atoms with E-state index in [4.69, 9.17) is 5.73 Å². The number of nitrogens with zero attached hydrogens (tertiary/aromatic N) is 4. The summed E-state index contributed by atoms with van der Waals surface area (Å²) in [6.07, 6.45) is 1.93. The molecule has 2 aromatic heterocycles. The van der Waals surface area contributed by atoms with Crippen molar-refractivity contribution in [1.82, 2.24) is 19.3 Å². The van der Waals surface area contributed by atoms with Gasteiger partial charge in [0.05, 0.1) is 11.9 Å². The first-order chi connectivity index (χ1) is 9.04. The number of aryl methyl sites for hydroxylation is 2. The Morgan fingerprint density at radius 1 is 1.35 bits per heavy atom. The standard InChI is InChI=1S/C14H21N5.ClH/c1-9-6-18(8-13(9)15)7-12-5-16-14-17-10(2)4-11(3)19(12)14;/h4-5,9,13H,6-8,15H2,1-3H3;1H. The molecular formula is C14H22ClN5. The van der Waals surface area contributed by atoms with E-state index in [1.54, 1.807) is 0 Å². The predicted molar refractivity (Wildman–Crippen MR) is 82.1 cm³/mol. The molecule has 0 aromatic carbocycles. The molecule has 5 nitrogen and oxygen atoms in total. The molecule has 0 amide bonds. The third kappa shape index (κ3) is 2.66. The van der Waals surface area contributed by atoms with Crippen molar-refractivity contribution in [3.8, 4) is 0 Å². The number of halogens is 1. The van der Waals surface area contributed by atoms with E-state index in [2.05, 4.69) is 39.2 Å². The van der Waals surface area contributed by atoms with Crippen molar-refractivity contribution in [2.45, 2.75) is 33.4 Å². The summed E-state index contributed by atoms with van der Waals surface area (Å²) in [4.78, 5) is 11.3. The maximum atomic E-state index is 6.08. The third-order valence-corrected chi connectivity index (χ3v) is 3.99. The third-order valence-electron chi connectivity index (χ3n) is 3.99. The molecular weight excluding hydrogens is 274 g/mol. The Kier molecular flexibility index (Phi) is 4.32. The Balaban J connectivity index is 0.00000147. The molecule has 0 spiro atoms. The Hall–Kier alpha value is -1.17. The predicted octanol–water partition coefficient (Wildman–Crippen LogP) is 1.55. The summed E-state index contributed by atoms with van der Waals surface area (Å²) in [7, 11) is 0. The molecule has 3 rings (SSSR count). The number of fused-ring (bicyclic) bond motifs is 1. The molecule has 0 radical (unpaired) electrons. The number of hydrogen-bond donors (Lipinski definition) is 1. The van der Waals surface area contributed by atoms with Crippen molar-refractivity contribution in [2.75, 3.05) is 13.1 Å². The average molecular weight is 296 g/mol. The van der Waals surface area contributed by atoms with Gasteiger partial charge in [0.25, 0.3) is 0 Å². The zero-order valence-electron chi connectivity index (χ0n) is 12.2. The van der Waals surface area contributed by atoms with Crippen LogP contribution in [0.5, 0.6) is 0 Å². The van der Waals surface area contributed by atoms with Gasteiger partial charge in [-0.2, -0.15) is 0 Å². The molecule has 0 aliphatic carbocycles. The molecule has 2 atom stereocenters. The van der Waals surface area contributed by atoms with Crippen molar-refractivity contribution < 1.29 is 0 Å². The van der Waals surface area contributed by atoms with Gasteiger partial charge < -0.3 is 5.73 Å². The minimum atomic E-state index is 0. The summed E-state index contributed by atoms with van der Waals surface area (Å²) in [6.45, 7) is 9.24. The van der Waals surface area contributed by atoms with Gasteiger partial charge >= 0.3 is 0 Å². The molecule has 2 aromatic rings. The Morgan fingerprint density at radius 3 is 2.75 bits per heavy atom. The van der Waals surface area contributed by atoms with Crippen LogP contribution in [0, 0.1) is 19.8 Å². The molecule has 1 fully saturated rings. The van der Waals surface area contributed by atoms with Crippen LogP contribution in [-0.4, -0.2) is 38.4 Å². The summed E-state index contributed by atoms with van der Waals surface area (Å²) in [5, 5.41) is 0. The van der Waals surface area contributed by atoms with Crippen LogP contribution in [0.25, 0.3) is 5.78 Å².